The zero-order valence-corrected chi connectivity index (χ0v) is 11.5. The molecule has 3 N–H and O–H groups in total. The molecule has 106 valence electrons. The number of nitrogens with one attached hydrogen (secondary N) is 1. The van der Waals surface area contributed by atoms with E-state index in [4.69, 9.17) is 10.2 Å². The molecule has 19 heavy (non-hydrogen) atoms. The van der Waals surface area contributed by atoms with Gasteiger partial charge in [-0.05, 0) is 13.3 Å². The number of carboxylic acids is 2. The Labute approximate surface area is 113 Å². The molecule has 10 heteroatoms. The summed E-state index contributed by atoms with van der Waals surface area (Å²) in [5, 5.41) is 17.9. The first-order valence-electron chi connectivity index (χ1n) is 5.11. The van der Waals surface area contributed by atoms with E-state index < -0.39 is 34.4 Å². The van der Waals surface area contributed by atoms with Crippen molar-refractivity contribution < 1.29 is 28.2 Å². The van der Waals surface area contributed by atoms with Crippen molar-refractivity contribution in [2.45, 2.75) is 30.0 Å². The van der Waals surface area contributed by atoms with E-state index in [0.29, 0.717) is 5.01 Å². The van der Waals surface area contributed by atoms with Gasteiger partial charge in [-0.25, -0.2) is 13.4 Å². The fourth-order valence-electron chi connectivity index (χ4n) is 1.21. The standard InChI is InChI=1S/C9H12N2O6S2/c1-5-10-4-8(18-5)19(16,17)11-6(9(14)15)2-3-7(12)13/h4,6,11H,2-3H2,1H3,(H,12,13)(H,14,15). The van der Waals surface area contributed by atoms with Crippen molar-refractivity contribution in [1.82, 2.24) is 9.71 Å². The molecule has 0 saturated heterocycles. The highest BCUT2D eigenvalue weighted by molar-refractivity contribution is 7.91. The van der Waals surface area contributed by atoms with Crippen LogP contribution < -0.4 is 4.72 Å². The van der Waals surface area contributed by atoms with Crippen molar-refractivity contribution in [3.05, 3.63) is 11.2 Å². The van der Waals surface area contributed by atoms with Gasteiger partial charge in [0.2, 0.25) is 0 Å². The monoisotopic (exact) mass is 308 g/mol. The summed E-state index contributed by atoms with van der Waals surface area (Å²) in [6.07, 6.45) is 0.349. The molecule has 8 nitrogen and oxygen atoms in total. The van der Waals surface area contributed by atoms with Crippen LogP contribution in [0.15, 0.2) is 10.4 Å². The van der Waals surface area contributed by atoms with Gasteiger partial charge in [0.1, 0.15) is 6.04 Å². The molecule has 0 aromatic carbocycles. The van der Waals surface area contributed by atoms with Gasteiger partial charge in [-0.2, -0.15) is 4.72 Å². The van der Waals surface area contributed by atoms with E-state index in [1.165, 1.54) is 0 Å². The number of hydrogen-bond acceptors (Lipinski definition) is 6. The summed E-state index contributed by atoms with van der Waals surface area (Å²) in [4.78, 5) is 25.0. The Bertz CT molecular complexity index is 579. The molecule has 0 amide bonds. The van der Waals surface area contributed by atoms with Crippen LogP contribution in [-0.4, -0.2) is 41.6 Å². The molecule has 0 aliphatic carbocycles. The Kier molecular flexibility index (Phi) is 4.97. The van der Waals surface area contributed by atoms with Crippen LogP contribution in [0.25, 0.3) is 0 Å². The second-order valence-electron chi connectivity index (χ2n) is 3.64. The zero-order valence-electron chi connectivity index (χ0n) is 9.86. The number of thiazole rings is 1. The number of carbonyl (C=O) groups is 2. The van der Waals surface area contributed by atoms with E-state index in [2.05, 4.69) is 4.98 Å². The number of hydrogen-bond donors (Lipinski definition) is 3. The van der Waals surface area contributed by atoms with E-state index in [0.717, 1.165) is 17.5 Å². The minimum absolute atomic E-state index is 0.105. The van der Waals surface area contributed by atoms with Crippen LogP contribution in [-0.2, 0) is 19.6 Å². The molecular formula is C9H12N2O6S2. The Morgan fingerprint density at radius 3 is 2.53 bits per heavy atom. The number of carboxylic acid groups (broad SMARTS) is 2. The highest BCUT2D eigenvalue weighted by Crippen LogP contribution is 2.18. The summed E-state index contributed by atoms with van der Waals surface area (Å²) >= 11 is 0.902. The van der Waals surface area contributed by atoms with Crippen LogP contribution in [0, 0.1) is 6.92 Å². The Balaban J connectivity index is 2.84. The third-order valence-electron chi connectivity index (χ3n) is 2.11. The number of aliphatic carboxylic acids is 2. The van der Waals surface area contributed by atoms with Gasteiger partial charge in [0.25, 0.3) is 10.0 Å². The van der Waals surface area contributed by atoms with Crippen molar-refractivity contribution in [3.63, 3.8) is 0 Å². The summed E-state index contributed by atoms with van der Waals surface area (Å²) < 4.78 is 25.6. The number of nitrogens with zero attached hydrogens (tertiary/aromatic N) is 1. The SMILES string of the molecule is Cc1ncc(S(=O)(=O)NC(CCC(=O)O)C(=O)O)s1. The molecule has 1 unspecified atom stereocenters. The first kappa shape index (κ1) is 15.5. The smallest absolute Gasteiger partial charge is 0.321 e. The lowest BCUT2D eigenvalue weighted by molar-refractivity contribution is -0.140. The first-order chi connectivity index (χ1) is 8.72. The second kappa shape index (κ2) is 6.08. The summed E-state index contributed by atoms with van der Waals surface area (Å²) in [6.45, 7) is 1.61. The number of aromatic nitrogens is 1. The Hall–Kier alpha value is -1.52. The fraction of sp³-hybridized carbons (Fsp3) is 0.444. The molecule has 1 heterocycles. The van der Waals surface area contributed by atoms with Crippen LogP contribution >= 0.6 is 11.3 Å². The number of rotatable bonds is 7. The molecule has 0 bridgehead atoms. The highest BCUT2D eigenvalue weighted by atomic mass is 32.2. The Morgan fingerprint density at radius 2 is 2.11 bits per heavy atom. The normalized spacial score (nSPS) is 13.1. The molecule has 1 aromatic rings. The van der Waals surface area contributed by atoms with Crippen molar-refractivity contribution in [1.29, 1.82) is 0 Å². The molecule has 0 spiro atoms. The van der Waals surface area contributed by atoms with Crippen LogP contribution in [0.3, 0.4) is 0 Å². The van der Waals surface area contributed by atoms with Gasteiger partial charge in [-0.1, -0.05) is 0 Å². The molecule has 0 fully saturated rings. The topological polar surface area (TPSA) is 134 Å². The second-order valence-corrected chi connectivity index (χ2v) is 6.82. The van der Waals surface area contributed by atoms with E-state index in [-0.39, 0.29) is 10.6 Å². The van der Waals surface area contributed by atoms with E-state index in [1.807, 2.05) is 4.72 Å². The van der Waals surface area contributed by atoms with Crippen molar-refractivity contribution >= 4 is 33.3 Å². The Morgan fingerprint density at radius 1 is 1.47 bits per heavy atom. The largest absolute Gasteiger partial charge is 0.481 e. The predicted molar refractivity (Wildman–Crippen MR) is 65.5 cm³/mol. The zero-order chi connectivity index (χ0) is 14.6. The van der Waals surface area contributed by atoms with Crippen LogP contribution in [0.4, 0.5) is 0 Å². The number of aryl methyl sites for hydroxylation is 1. The summed E-state index contributed by atoms with van der Waals surface area (Å²) in [6, 6.07) is -1.48. The van der Waals surface area contributed by atoms with Gasteiger partial charge >= 0.3 is 11.9 Å². The highest BCUT2D eigenvalue weighted by Gasteiger charge is 2.27. The lowest BCUT2D eigenvalue weighted by Gasteiger charge is -2.12. The third-order valence-corrected chi connectivity index (χ3v) is 4.95. The number of sulfonamides is 1. The van der Waals surface area contributed by atoms with E-state index in [9.17, 15) is 18.0 Å². The molecule has 0 radical (unpaired) electrons. The van der Waals surface area contributed by atoms with Crippen molar-refractivity contribution in [3.8, 4) is 0 Å². The molecule has 1 atom stereocenters. The minimum Gasteiger partial charge on any atom is -0.481 e. The van der Waals surface area contributed by atoms with Gasteiger partial charge in [0.15, 0.2) is 4.21 Å². The summed E-state index contributed by atoms with van der Waals surface area (Å²) in [5.41, 5.74) is 0. The maximum atomic E-state index is 11.9. The van der Waals surface area contributed by atoms with Gasteiger partial charge in [0.05, 0.1) is 11.2 Å². The maximum absolute atomic E-state index is 11.9. The summed E-state index contributed by atoms with van der Waals surface area (Å²) in [5.74, 6) is -2.62. The molecule has 1 aromatic heterocycles. The van der Waals surface area contributed by atoms with Crippen molar-refractivity contribution in [2.24, 2.45) is 0 Å². The lowest BCUT2D eigenvalue weighted by Crippen LogP contribution is -2.40. The van der Waals surface area contributed by atoms with Gasteiger partial charge in [-0.3, -0.25) is 9.59 Å². The molecule has 1 rings (SSSR count). The van der Waals surface area contributed by atoms with Crippen LogP contribution in [0.5, 0.6) is 0 Å². The van der Waals surface area contributed by atoms with Crippen LogP contribution in [0.2, 0.25) is 0 Å². The summed E-state index contributed by atoms with van der Waals surface area (Å²) in [7, 11) is -4.00. The first-order valence-corrected chi connectivity index (χ1v) is 7.41. The van der Waals surface area contributed by atoms with Crippen molar-refractivity contribution in [2.75, 3.05) is 0 Å². The predicted octanol–water partition coefficient (Wildman–Crippen LogP) is 0.0478. The molecule has 0 saturated carbocycles. The molecular weight excluding hydrogens is 296 g/mol. The van der Waals surface area contributed by atoms with Gasteiger partial charge < -0.3 is 10.2 Å². The quantitative estimate of drug-likeness (QED) is 0.647. The third kappa shape index (κ3) is 4.58. The molecule has 0 aliphatic heterocycles. The van der Waals surface area contributed by atoms with E-state index >= 15 is 0 Å². The van der Waals surface area contributed by atoms with Gasteiger partial charge in [0, 0.05) is 6.42 Å². The minimum atomic E-state index is -4.00. The lowest BCUT2D eigenvalue weighted by atomic mass is 10.2. The maximum Gasteiger partial charge on any atom is 0.321 e. The average Bonchev–Trinajstić information content (AvgIpc) is 2.71. The molecule has 0 aliphatic rings. The van der Waals surface area contributed by atoms with Gasteiger partial charge in [-0.15, -0.1) is 11.3 Å². The average molecular weight is 308 g/mol. The fourth-order valence-corrected chi connectivity index (χ4v) is 3.56. The van der Waals surface area contributed by atoms with E-state index in [1.54, 1.807) is 6.92 Å². The van der Waals surface area contributed by atoms with Crippen LogP contribution in [0.1, 0.15) is 17.8 Å².